The average molecular weight is 385 g/mol. The van der Waals surface area contributed by atoms with Gasteiger partial charge in [-0.05, 0) is 35.9 Å². The normalized spacial score (nSPS) is 21.3. The summed E-state index contributed by atoms with van der Waals surface area (Å²) in [5.74, 6) is -0.391. The van der Waals surface area contributed by atoms with Crippen molar-refractivity contribution in [2.24, 2.45) is 5.73 Å². The maximum atomic E-state index is 12.9. The molecule has 0 unspecified atom stereocenters. The first kappa shape index (κ1) is 16.0. The Morgan fingerprint density at radius 2 is 1.74 bits per heavy atom. The number of anilines is 1. The zero-order valence-electron chi connectivity index (χ0n) is 11.7. The number of hydrogen-bond acceptors (Lipinski definition) is 2. The molecule has 0 radical (unpaired) electrons. The van der Waals surface area contributed by atoms with Crippen molar-refractivity contribution >= 4 is 27.5 Å². The molecule has 1 fully saturated rings. The summed E-state index contributed by atoms with van der Waals surface area (Å²) >= 11 is 3.32. The molecule has 23 heavy (non-hydrogen) atoms. The molecule has 0 aliphatic carbocycles. The lowest BCUT2D eigenvalue weighted by Gasteiger charge is -2.45. The molecule has 1 aliphatic rings. The fourth-order valence-electron chi connectivity index (χ4n) is 2.65. The van der Waals surface area contributed by atoms with E-state index >= 15 is 0 Å². The lowest BCUT2D eigenvalue weighted by atomic mass is 9.88. The van der Waals surface area contributed by atoms with Crippen LogP contribution in [0.15, 0.2) is 53.0 Å². The number of rotatable bonds is 2. The van der Waals surface area contributed by atoms with Gasteiger partial charge in [0.25, 0.3) is 0 Å². The summed E-state index contributed by atoms with van der Waals surface area (Å²) in [6, 6.07) is 10.7. The van der Waals surface area contributed by atoms with E-state index in [1.165, 1.54) is 17.0 Å². The van der Waals surface area contributed by atoms with E-state index in [1.54, 1.807) is 24.3 Å². The first-order valence-electron chi connectivity index (χ1n) is 6.80. The van der Waals surface area contributed by atoms with Crippen molar-refractivity contribution in [3.05, 3.63) is 64.1 Å². The Morgan fingerprint density at radius 1 is 1.09 bits per heavy atom. The molecule has 1 heterocycles. The fourth-order valence-corrected chi connectivity index (χ4v) is 2.91. The Balaban J connectivity index is 1.98. The van der Waals surface area contributed by atoms with Gasteiger partial charge in [0.15, 0.2) is 0 Å². The number of amides is 1. The summed E-state index contributed by atoms with van der Waals surface area (Å²) in [6.07, 6.45) is -4.46. The van der Waals surface area contributed by atoms with Gasteiger partial charge in [-0.2, -0.15) is 13.2 Å². The molecule has 2 aromatic carbocycles. The topological polar surface area (TPSA) is 46.3 Å². The molecule has 1 aliphatic heterocycles. The first-order valence-corrected chi connectivity index (χ1v) is 7.60. The second-order valence-electron chi connectivity index (χ2n) is 5.28. The summed E-state index contributed by atoms with van der Waals surface area (Å²) in [4.78, 5) is 13.4. The van der Waals surface area contributed by atoms with Crippen LogP contribution in [0.5, 0.6) is 0 Å². The lowest BCUT2D eigenvalue weighted by molar-refractivity contribution is -0.137. The molecule has 0 saturated carbocycles. The number of nitrogens with zero attached hydrogens (tertiary/aromatic N) is 1. The smallest absolute Gasteiger partial charge is 0.318 e. The highest BCUT2D eigenvalue weighted by atomic mass is 79.9. The predicted molar refractivity (Wildman–Crippen MR) is 83.8 cm³/mol. The molecule has 120 valence electrons. The number of alkyl halides is 3. The molecular weight excluding hydrogens is 373 g/mol. The summed E-state index contributed by atoms with van der Waals surface area (Å²) in [5.41, 5.74) is 6.04. The molecule has 0 aromatic heterocycles. The molecule has 2 aromatic rings. The van der Waals surface area contributed by atoms with Crippen molar-refractivity contribution in [1.29, 1.82) is 0 Å². The summed E-state index contributed by atoms with van der Waals surface area (Å²) in [7, 11) is 0. The highest BCUT2D eigenvalue weighted by Crippen LogP contribution is 2.40. The van der Waals surface area contributed by atoms with Crippen LogP contribution in [-0.2, 0) is 11.0 Å². The van der Waals surface area contributed by atoms with Crippen molar-refractivity contribution in [2.75, 3.05) is 4.90 Å². The summed E-state index contributed by atoms with van der Waals surface area (Å²) < 4.78 is 39.4. The lowest BCUT2D eigenvalue weighted by Crippen LogP contribution is -2.63. The van der Waals surface area contributed by atoms with Crippen LogP contribution in [0.1, 0.15) is 17.2 Å². The van der Waals surface area contributed by atoms with E-state index in [0.29, 0.717) is 0 Å². The average Bonchev–Trinajstić information content (AvgIpc) is 2.52. The van der Waals surface area contributed by atoms with Gasteiger partial charge in [0, 0.05) is 10.2 Å². The van der Waals surface area contributed by atoms with Crippen molar-refractivity contribution in [3.63, 3.8) is 0 Å². The Hall–Kier alpha value is -1.86. The van der Waals surface area contributed by atoms with E-state index < -0.39 is 29.7 Å². The van der Waals surface area contributed by atoms with Crippen LogP contribution >= 0.6 is 15.9 Å². The quantitative estimate of drug-likeness (QED) is 0.798. The first-order chi connectivity index (χ1) is 10.8. The highest BCUT2D eigenvalue weighted by molar-refractivity contribution is 9.10. The molecule has 0 spiro atoms. The maximum absolute atomic E-state index is 12.9. The molecule has 7 heteroatoms. The predicted octanol–water partition coefficient (Wildman–Crippen LogP) is 3.88. The zero-order valence-corrected chi connectivity index (χ0v) is 13.3. The molecular formula is C16H12BrF3N2O. The van der Waals surface area contributed by atoms with Crippen molar-refractivity contribution < 1.29 is 18.0 Å². The monoisotopic (exact) mass is 384 g/mol. The van der Waals surface area contributed by atoms with E-state index in [1.807, 2.05) is 0 Å². The standard InChI is InChI=1S/C16H12BrF3N2O/c17-11-6-4-9(5-7-11)14-13(21)15(23)22(14)12-3-1-2-10(8-12)16(18,19)20/h1-8,13-14H,21H2/t13-,14+/m1/s1. The number of carbonyl (C=O) groups excluding carboxylic acids is 1. The third-order valence-electron chi connectivity index (χ3n) is 3.80. The molecule has 3 rings (SSSR count). The minimum absolute atomic E-state index is 0.194. The van der Waals surface area contributed by atoms with Gasteiger partial charge in [0.2, 0.25) is 5.91 Å². The van der Waals surface area contributed by atoms with Gasteiger partial charge in [0.05, 0.1) is 11.6 Å². The second-order valence-corrected chi connectivity index (χ2v) is 6.19. The Kier molecular flexibility index (Phi) is 3.93. The van der Waals surface area contributed by atoms with Gasteiger partial charge in [0.1, 0.15) is 6.04 Å². The van der Waals surface area contributed by atoms with Crippen molar-refractivity contribution in [3.8, 4) is 0 Å². The zero-order chi connectivity index (χ0) is 16.8. The second kappa shape index (κ2) is 5.65. The Bertz CT molecular complexity index is 746. The number of carbonyl (C=O) groups is 1. The van der Waals surface area contributed by atoms with Crippen molar-refractivity contribution in [2.45, 2.75) is 18.3 Å². The van der Waals surface area contributed by atoms with Crippen LogP contribution in [0.2, 0.25) is 0 Å². The minimum atomic E-state index is -4.46. The van der Waals surface area contributed by atoms with Crippen LogP contribution in [-0.4, -0.2) is 11.9 Å². The van der Waals surface area contributed by atoms with E-state index in [4.69, 9.17) is 5.73 Å². The Labute approximate surface area is 139 Å². The van der Waals surface area contributed by atoms with Crippen LogP contribution in [0, 0.1) is 0 Å². The number of hydrogen-bond donors (Lipinski definition) is 1. The minimum Gasteiger partial charge on any atom is -0.318 e. The number of nitrogens with two attached hydrogens (primary N) is 1. The molecule has 1 saturated heterocycles. The molecule has 1 amide bonds. The van der Waals surface area contributed by atoms with E-state index in [0.717, 1.165) is 22.2 Å². The summed E-state index contributed by atoms with van der Waals surface area (Å²) in [5, 5.41) is 0. The van der Waals surface area contributed by atoms with E-state index in [2.05, 4.69) is 15.9 Å². The summed E-state index contributed by atoms with van der Waals surface area (Å²) in [6.45, 7) is 0. The van der Waals surface area contributed by atoms with Crippen molar-refractivity contribution in [1.82, 2.24) is 0 Å². The van der Waals surface area contributed by atoms with Crippen LogP contribution < -0.4 is 10.6 Å². The highest BCUT2D eigenvalue weighted by Gasteiger charge is 2.47. The fraction of sp³-hybridized carbons (Fsp3) is 0.188. The molecule has 0 bridgehead atoms. The van der Waals surface area contributed by atoms with Gasteiger partial charge in [-0.3, -0.25) is 4.79 Å². The molecule has 3 nitrogen and oxygen atoms in total. The third kappa shape index (κ3) is 2.86. The van der Waals surface area contributed by atoms with Gasteiger partial charge in [-0.15, -0.1) is 0 Å². The maximum Gasteiger partial charge on any atom is 0.416 e. The van der Waals surface area contributed by atoms with Gasteiger partial charge >= 0.3 is 6.18 Å². The van der Waals surface area contributed by atoms with Crippen LogP contribution in [0.4, 0.5) is 18.9 Å². The van der Waals surface area contributed by atoms with Gasteiger partial charge < -0.3 is 10.6 Å². The van der Waals surface area contributed by atoms with Crippen LogP contribution in [0.3, 0.4) is 0 Å². The molecule has 2 atom stereocenters. The van der Waals surface area contributed by atoms with Gasteiger partial charge in [-0.25, -0.2) is 0 Å². The largest absolute Gasteiger partial charge is 0.416 e. The van der Waals surface area contributed by atoms with E-state index in [-0.39, 0.29) is 5.69 Å². The Morgan fingerprint density at radius 3 is 2.35 bits per heavy atom. The number of β-lactam (4-membered cyclic amide) rings is 1. The SMILES string of the molecule is N[C@H]1C(=O)N(c2cccc(C(F)(F)F)c2)[C@H]1c1ccc(Br)cc1. The number of benzene rings is 2. The van der Waals surface area contributed by atoms with Gasteiger partial charge in [-0.1, -0.05) is 34.1 Å². The van der Waals surface area contributed by atoms with Crippen LogP contribution in [0.25, 0.3) is 0 Å². The van der Waals surface area contributed by atoms with E-state index in [9.17, 15) is 18.0 Å². The number of halogens is 4. The molecule has 2 N–H and O–H groups in total. The third-order valence-corrected chi connectivity index (χ3v) is 4.33.